The molecule has 1 aliphatic heterocycles. The second-order valence-corrected chi connectivity index (χ2v) is 9.19. The highest BCUT2D eigenvalue weighted by Gasteiger charge is 2.32. The molecule has 27 heavy (non-hydrogen) atoms. The van der Waals surface area contributed by atoms with Crippen molar-refractivity contribution < 1.29 is 17.9 Å². The van der Waals surface area contributed by atoms with Crippen molar-refractivity contribution in [2.45, 2.75) is 26.3 Å². The molecule has 0 bridgehead atoms. The summed E-state index contributed by atoms with van der Waals surface area (Å²) in [4.78, 5) is 12.4. The minimum atomic E-state index is -3.06. The molecule has 3 rings (SSSR count). The van der Waals surface area contributed by atoms with Gasteiger partial charge in [-0.25, -0.2) is 8.42 Å². The molecule has 1 aliphatic rings. The molecule has 1 amide bonds. The van der Waals surface area contributed by atoms with Crippen LogP contribution in [0.15, 0.2) is 24.3 Å². The summed E-state index contributed by atoms with van der Waals surface area (Å²) >= 11 is 0. The van der Waals surface area contributed by atoms with Gasteiger partial charge < -0.3 is 10.1 Å². The van der Waals surface area contributed by atoms with Crippen molar-refractivity contribution in [3.63, 3.8) is 0 Å². The Hall–Kier alpha value is -2.19. The summed E-state index contributed by atoms with van der Waals surface area (Å²) in [7, 11) is -1.50. The average Bonchev–Trinajstić information content (AvgIpc) is 3.21. The van der Waals surface area contributed by atoms with Gasteiger partial charge in [-0.05, 0) is 43.5 Å². The quantitative estimate of drug-likeness (QED) is 0.760. The van der Waals surface area contributed by atoms with Crippen molar-refractivity contribution in [2.24, 2.45) is 0 Å². The molecule has 2 heterocycles. The summed E-state index contributed by atoms with van der Waals surface area (Å²) in [6, 6.07) is 7.51. The molecule has 0 aliphatic carbocycles. The number of aromatic nitrogens is 2. The van der Waals surface area contributed by atoms with Crippen molar-refractivity contribution in [1.82, 2.24) is 15.1 Å². The van der Waals surface area contributed by atoms with Gasteiger partial charge in [-0.15, -0.1) is 0 Å². The Morgan fingerprint density at radius 1 is 1.30 bits per heavy atom. The maximum Gasteiger partial charge on any atom is 0.271 e. The third-order valence-electron chi connectivity index (χ3n) is 4.92. The minimum Gasteiger partial charge on any atom is -0.383 e. The first-order valence-corrected chi connectivity index (χ1v) is 10.8. The molecule has 1 atom stereocenters. The number of sulfone groups is 1. The molecule has 7 nitrogen and oxygen atoms in total. The molecule has 1 fully saturated rings. The predicted octanol–water partition coefficient (Wildman–Crippen LogP) is 1.90. The van der Waals surface area contributed by atoms with E-state index in [0.29, 0.717) is 19.6 Å². The normalized spacial score (nSPS) is 18.6. The SMILES string of the molecule is COCCNC(=O)c1cc(-c2ccc(C)c(C)c2)n([C@@H]2CCS(=O)(=O)C2)n1. The molecular formula is C19H25N3O4S. The number of nitrogens with zero attached hydrogens (tertiary/aromatic N) is 2. The highest BCUT2D eigenvalue weighted by molar-refractivity contribution is 7.91. The molecule has 1 saturated heterocycles. The van der Waals surface area contributed by atoms with Crippen LogP contribution < -0.4 is 5.32 Å². The fourth-order valence-corrected chi connectivity index (χ4v) is 4.92. The fourth-order valence-electron chi connectivity index (χ4n) is 3.23. The van der Waals surface area contributed by atoms with Crippen LogP contribution >= 0.6 is 0 Å². The second kappa shape index (κ2) is 7.82. The standard InChI is InChI=1S/C19H25N3O4S/c1-13-4-5-15(10-14(13)2)18-11-17(19(23)20-7-8-26-3)21-22(18)16-6-9-27(24,25)12-16/h4-5,10-11,16H,6-9,12H2,1-3H3,(H,20,23)/t16-/m1/s1. The van der Waals surface area contributed by atoms with Crippen LogP contribution in [0.3, 0.4) is 0 Å². The van der Waals surface area contributed by atoms with Gasteiger partial charge in [-0.1, -0.05) is 12.1 Å². The lowest BCUT2D eigenvalue weighted by atomic mass is 10.0. The van der Waals surface area contributed by atoms with Crippen molar-refractivity contribution in [2.75, 3.05) is 31.8 Å². The first kappa shape index (κ1) is 19.6. The van der Waals surface area contributed by atoms with Crippen LogP contribution in [-0.4, -0.2) is 55.9 Å². The number of methoxy groups -OCH3 is 1. The van der Waals surface area contributed by atoms with E-state index in [1.807, 2.05) is 32.0 Å². The first-order chi connectivity index (χ1) is 12.8. The van der Waals surface area contributed by atoms with Crippen LogP contribution in [0.4, 0.5) is 0 Å². The van der Waals surface area contributed by atoms with Gasteiger partial charge in [0.15, 0.2) is 15.5 Å². The van der Waals surface area contributed by atoms with E-state index >= 15 is 0 Å². The molecule has 0 spiro atoms. The van der Waals surface area contributed by atoms with Gasteiger partial charge in [0.05, 0.1) is 29.8 Å². The zero-order valence-electron chi connectivity index (χ0n) is 15.9. The van der Waals surface area contributed by atoms with E-state index in [2.05, 4.69) is 10.4 Å². The van der Waals surface area contributed by atoms with Crippen LogP contribution in [0.1, 0.15) is 34.1 Å². The first-order valence-electron chi connectivity index (χ1n) is 8.95. The van der Waals surface area contributed by atoms with Gasteiger partial charge in [-0.2, -0.15) is 5.10 Å². The molecule has 8 heteroatoms. The van der Waals surface area contributed by atoms with Crippen molar-refractivity contribution >= 4 is 15.7 Å². The number of hydrogen-bond donors (Lipinski definition) is 1. The summed E-state index contributed by atoms with van der Waals surface area (Å²) in [5.41, 5.74) is 4.27. The third kappa shape index (κ3) is 4.39. The van der Waals surface area contributed by atoms with Crippen LogP contribution in [-0.2, 0) is 14.6 Å². The predicted molar refractivity (Wildman–Crippen MR) is 104 cm³/mol. The van der Waals surface area contributed by atoms with Gasteiger partial charge in [0, 0.05) is 19.2 Å². The van der Waals surface area contributed by atoms with Gasteiger partial charge in [0.25, 0.3) is 5.91 Å². The van der Waals surface area contributed by atoms with E-state index in [9.17, 15) is 13.2 Å². The molecule has 1 aromatic carbocycles. The Morgan fingerprint density at radius 3 is 2.70 bits per heavy atom. The largest absolute Gasteiger partial charge is 0.383 e. The van der Waals surface area contributed by atoms with Gasteiger partial charge in [0.1, 0.15) is 0 Å². The lowest BCUT2D eigenvalue weighted by Gasteiger charge is -2.14. The number of rotatable bonds is 6. The van der Waals surface area contributed by atoms with E-state index in [-0.39, 0.29) is 29.1 Å². The highest BCUT2D eigenvalue weighted by atomic mass is 32.2. The van der Waals surface area contributed by atoms with Gasteiger partial charge >= 0.3 is 0 Å². The average molecular weight is 391 g/mol. The smallest absolute Gasteiger partial charge is 0.271 e. The fraction of sp³-hybridized carbons (Fsp3) is 0.474. The number of carbonyl (C=O) groups is 1. The summed E-state index contributed by atoms with van der Waals surface area (Å²) in [6.07, 6.45) is 0.507. The van der Waals surface area contributed by atoms with Crippen LogP contribution in [0.2, 0.25) is 0 Å². The monoisotopic (exact) mass is 391 g/mol. The molecular weight excluding hydrogens is 366 g/mol. The maximum atomic E-state index is 12.4. The summed E-state index contributed by atoms with van der Waals surface area (Å²) in [6.45, 7) is 4.86. The van der Waals surface area contributed by atoms with Crippen LogP contribution in [0.5, 0.6) is 0 Å². The number of nitrogens with one attached hydrogen (secondary N) is 1. The molecule has 0 saturated carbocycles. The lowest BCUT2D eigenvalue weighted by molar-refractivity contribution is 0.0931. The Kier molecular flexibility index (Phi) is 5.67. The van der Waals surface area contributed by atoms with Crippen LogP contribution in [0, 0.1) is 13.8 Å². The van der Waals surface area contributed by atoms with Gasteiger partial charge in [0.2, 0.25) is 0 Å². The second-order valence-electron chi connectivity index (χ2n) is 6.96. The van der Waals surface area contributed by atoms with Gasteiger partial charge in [-0.3, -0.25) is 9.48 Å². The van der Waals surface area contributed by atoms with Crippen molar-refractivity contribution in [3.05, 3.63) is 41.1 Å². The third-order valence-corrected chi connectivity index (χ3v) is 6.67. The molecule has 1 aromatic heterocycles. The minimum absolute atomic E-state index is 0.0528. The summed E-state index contributed by atoms with van der Waals surface area (Å²) < 4.78 is 30.5. The summed E-state index contributed by atoms with van der Waals surface area (Å²) in [5.74, 6) is -0.0898. The number of carbonyl (C=O) groups excluding carboxylic acids is 1. The number of ether oxygens (including phenoxy) is 1. The van der Waals surface area contributed by atoms with E-state index < -0.39 is 9.84 Å². The number of hydrogen-bond acceptors (Lipinski definition) is 5. The van der Waals surface area contributed by atoms with E-state index in [1.165, 1.54) is 5.56 Å². The highest BCUT2D eigenvalue weighted by Crippen LogP contribution is 2.31. The Labute approximate surface area is 159 Å². The number of benzene rings is 1. The summed E-state index contributed by atoms with van der Waals surface area (Å²) in [5, 5.41) is 7.23. The van der Waals surface area contributed by atoms with Crippen molar-refractivity contribution in [1.29, 1.82) is 0 Å². The maximum absolute atomic E-state index is 12.4. The Balaban J connectivity index is 1.99. The topological polar surface area (TPSA) is 90.3 Å². The zero-order chi connectivity index (χ0) is 19.6. The number of amides is 1. The molecule has 146 valence electrons. The lowest BCUT2D eigenvalue weighted by Crippen LogP contribution is -2.27. The molecule has 0 unspecified atom stereocenters. The molecule has 0 radical (unpaired) electrons. The number of aryl methyl sites for hydroxylation is 2. The zero-order valence-corrected chi connectivity index (χ0v) is 16.7. The Morgan fingerprint density at radius 2 is 2.07 bits per heavy atom. The van der Waals surface area contributed by atoms with E-state index in [4.69, 9.17) is 4.74 Å². The van der Waals surface area contributed by atoms with Crippen molar-refractivity contribution in [3.8, 4) is 11.3 Å². The molecule has 2 aromatic rings. The molecule has 1 N–H and O–H groups in total. The van der Waals surface area contributed by atoms with E-state index in [0.717, 1.165) is 16.8 Å². The van der Waals surface area contributed by atoms with Crippen LogP contribution in [0.25, 0.3) is 11.3 Å². The Bertz CT molecular complexity index is 950. The van der Waals surface area contributed by atoms with E-state index in [1.54, 1.807) is 17.9 Å².